The number of ether oxygens (including phenoxy) is 2. The lowest BCUT2D eigenvalue weighted by Gasteiger charge is -2.41. The van der Waals surface area contributed by atoms with Gasteiger partial charge in [-0.2, -0.15) is 0 Å². The minimum atomic E-state index is -1.14. The van der Waals surface area contributed by atoms with E-state index >= 15 is 0 Å². The molecule has 4 aromatic heterocycles. The molecule has 5 N–H and O–H groups in total. The van der Waals surface area contributed by atoms with Gasteiger partial charge in [0, 0.05) is 46.3 Å². The number of carbonyl (C=O) groups is 1. The Morgan fingerprint density at radius 3 is 1.47 bits per heavy atom. The van der Waals surface area contributed by atoms with E-state index in [-0.39, 0.29) is 47.9 Å². The molecule has 6 aliphatic rings. The number of nitrogens with two attached hydrogens (primary N) is 1. The highest BCUT2D eigenvalue weighted by Crippen LogP contribution is 2.59. The third-order valence-electron chi connectivity index (χ3n) is 17.4. The maximum Gasteiger partial charge on any atom is 0.211 e. The lowest BCUT2D eigenvalue weighted by molar-refractivity contribution is -0.116. The molecule has 0 saturated heterocycles. The van der Waals surface area contributed by atoms with E-state index in [2.05, 4.69) is 25.6 Å². The van der Waals surface area contributed by atoms with E-state index in [1.54, 1.807) is 36.4 Å². The van der Waals surface area contributed by atoms with Crippen LogP contribution in [0.4, 0.5) is 14.5 Å². The van der Waals surface area contributed by atoms with Gasteiger partial charge in [0.1, 0.15) is 55.2 Å². The average Bonchev–Trinajstić information content (AvgIpc) is 4.24. The summed E-state index contributed by atoms with van der Waals surface area (Å²) in [4.78, 5) is 20.0. The molecule has 79 heavy (non-hydrogen) atoms. The summed E-state index contributed by atoms with van der Waals surface area (Å²) in [6.07, 6.45) is 10.8. The van der Waals surface area contributed by atoms with Crippen molar-refractivity contribution in [2.24, 2.45) is 29.4 Å². The van der Waals surface area contributed by atoms with Crippen LogP contribution in [0.5, 0.6) is 0 Å². The SMILES string of the molecule is NCc1cc(F)c2nc(C3(O)[C@@H]4CC[C@H]3CC(OCc3c(-c5c(Cl)cccc5Cl)noc3C3CC3)C4)sc2c1.O=CNc1cc(F)c2nc(C3(O)[C@@H]4CC[C@H]3CC(OCc3c(-c5c(Cl)cccc5Cl)noc3C3CC3)C4)sc2c1. The lowest BCUT2D eigenvalue weighted by Crippen LogP contribution is -2.44. The maximum absolute atomic E-state index is 14.7. The van der Waals surface area contributed by atoms with Crippen molar-refractivity contribution in [1.82, 2.24) is 20.3 Å². The zero-order valence-electron chi connectivity index (χ0n) is 42.5. The van der Waals surface area contributed by atoms with E-state index in [0.29, 0.717) is 126 Å². The van der Waals surface area contributed by atoms with Crippen molar-refractivity contribution >= 4 is 102 Å². The number of nitrogens with one attached hydrogen (secondary N) is 1. The Hall–Kier alpha value is -4.63. The van der Waals surface area contributed by atoms with Crippen molar-refractivity contribution in [3.63, 3.8) is 0 Å². The fraction of sp³-hybridized carbons (Fsp3) is 0.431. The van der Waals surface area contributed by atoms with Crippen molar-refractivity contribution in [3.8, 4) is 22.5 Å². The highest BCUT2D eigenvalue weighted by molar-refractivity contribution is 7.19. The molecule has 412 valence electrons. The Morgan fingerprint density at radius 1 is 0.646 bits per heavy atom. The molecular weight excluding hydrogens is 1140 g/mol. The van der Waals surface area contributed by atoms with Crippen LogP contribution in [0, 0.1) is 35.3 Å². The monoisotopic (exact) mass is 1190 g/mol. The normalized spacial score (nSPS) is 26.2. The van der Waals surface area contributed by atoms with E-state index < -0.39 is 22.8 Å². The number of benzene rings is 4. The summed E-state index contributed by atoms with van der Waals surface area (Å²) in [6.45, 7) is 0.907. The molecule has 6 aliphatic carbocycles. The second-order valence-electron chi connectivity index (χ2n) is 22.1. The van der Waals surface area contributed by atoms with Gasteiger partial charge >= 0.3 is 0 Å². The van der Waals surface area contributed by atoms with Crippen molar-refractivity contribution < 1.29 is 42.3 Å². The van der Waals surface area contributed by atoms with Gasteiger partial charge in [-0.1, -0.05) is 68.8 Å². The minimum absolute atomic E-state index is 0.0123. The molecule has 6 saturated carbocycles. The number of thiazole rings is 2. The van der Waals surface area contributed by atoms with Gasteiger partial charge in [0.05, 0.1) is 54.9 Å². The molecule has 4 aromatic carbocycles. The number of anilines is 1. The topological polar surface area (TPSA) is 192 Å². The number of fused-ring (bicyclic) bond motifs is 6. The Kier molecular flexibility index (Phi) is 14.5. The Bertz CT molecular complexity index is 3590. The first-order chi connectivity index (χ1) is 38.2. The third-order valence-corrected chi connectivity index (χ3v) is 20.9. The van der Waals surface area contributed by atoms with Crippen molar-refractivity contribution in [1.29, 1.82) is 0 Å². The number of rotatable bonds is 15. The molecule has 21 heteroatoms. The Morgan fingerprint density at radius 2 is 1.06 bits per heavy atom. The first kappa shape index (κ1) is 53.7. The molecule has 8 aromatic rings. The van der Waals surface area contributed by atoms with Crippen molar-refractivity contribution in [3.05, 3.63) is 131 Å². The van der Waals surface area contributed by atoms with Crippen molar-refractivity contribution in [2.75, 3.05) is 5.32 Å². The molecule has 0 spiro atoms. The summed E-state index contributed by atoms with van der Waals surface area (Å²) >= 11 is 28.7. The second kappa shape index (κ2) is 21.3. The fourth-order valence-corrected chi connectivity index (χ4v) is 16.8. The number of hydrogen-bond donors (Lipinski definition) is 4. The third kappa shape index (κ3) is 9.69. The first-order valence-electron chi connectivity index (χ1n) is 26.9. The molecule has 14 rings (SSSR count). The zero-order chi connectivity index (χ0) is 54.5. The summed E-state index contributed by atoms with van der Waals surface area (Å²) < 4.78 is 55.4. The van der Waals surface area contributed by atoms with Crippen LogP contribution in [-0.4, -0.2) is 49.1 Å². The van der Waals surface area contributed by atoms with Crippen LogP contribution in [-0.2, 0) is 45.2 Å². The number of hydrogen-bond acceptors (Lipinski definition) is 14. The predicted octanol–water partition coefficient (Wildman–Crippen LogP) is 14.8. The van der Waals surface area contributed by atoms with E-state index in [4.69, 9.17) is 70.7 Å². The Labute approximate surface area is 481 Å². The van der Waals surface area contributed by atoms with Gasteiger partial charge in [-0.15, -0.1) is 22.7 Å². The molecule has 0 aliphatic heterocycles. The summed E-state index contributed by atoms with van der Waals surface area (Å²) in [5, 5.41) is 38.4. The van der Waals surface area contributed by atoms with Gasteiger partial charge in [-0.05, 0) is 155 Å². The molecule has 4 bridgehead atoms. The quantitative estimate of drug-likeness (QED) is 0.0711. The number of aliphatic hydroxyl groups is 2. The van der Waals surface area contributed by atoms with Gasteiger partial charge in [-0.25, -0.2) is 18.7 Å². The Balaban J connectivity index is 0.000000150. The molecule has 0 radical (unpaired) electrons. The van der Waals surface area contributed by atoms with Crippen molar-refractivity contribution in [2.45, 2.75) is 132 Å². The van der Waals surface area contributed by atoms with Gasteiger partial charge in [0.15, 0.2) is 11.6 Å². The molecular formula is C58H54Cl4F2N6O7S2. The van der Waals surface area contributed by atoms with E-state index in [1.807, 2.05) is 12.1 Å². The molecule has 4 heterocycles. The smallest absolute Gasteiger partial charge is 0.211 e. The number of carbonyl (C=O) groups excluding carboxylic acids is 1. The molecule has 4 unspecified atom stereocenters. The fourth-order valence-electron chi connectivity index (χ4n) is 13.1. The molecule has 8 atom stereocenters. The van der Waals surface area contributed by atoms with Crippen LogP contribution in [0.25, 0.3) is 42.9 Å². The first-order valence-corrected chi connectivity index (χ1v) is 30.0. The van der Waals surface area contributed by atoms with Gasteiger partial charge in [0.25, 0.3) is 0 Å². The number of nitrogens with zero attached hydrogens (tertiary/aromatic N) is 4. The van der Waals surface area contributed by atoms with Crippen LogP contribution in [0.3, 0.4) is 0 Å². The van der Waals surface area contributed by atoms with Gasteiger partial charge in [0.2, 0.25) is 6.41 Å². The molecule has 1 amide bonds. The standard InChI is InChI=1S/C29H26Cl2FN3O4S.C29H28Cl2FN3O3S/c30-20-2-1-3-21(31)24(20)25-19(27(39-35-25)14-4-5-14)12-38-18-8-15-6-7-16(9-18)29(15,37)28-34-26-22(32)10-17(33-13-36)11-23(26)40-28;30-20-2-1-3-21(31)24(20)25-19(27(38-35-25)15-4-5-15)13-37-18-10-16-6-7-17(11-18)29(16,36)28-34-26-22(32)8-14(12-33)9-23(26)39-28/h1-3,10-11,13-16,18,37H,4-9,12H2,(H,33,36);1-3,8-9,15-18,36H,4-7,10-13,33H2/t15-,16+,18?,29?;16-,17+,18?,29?. The number of halogens is 6. The lowest BCUT2D eigenvalue weighted by atomic mass is 9.73. The predicted molar refractivity (Wildman–Crippen MR) is 300 cm³/mol. The van der Waals surface area contributed by atoms with Crippen LogP contribution >= 0.6 is 69.1 Å². The van der Waals surface area contributed by atoms with Gasteiger partial charge < -0.3 is 39.8 Å². The largest absolute Gasteiger partial charge is 0.382 e. The van der Waals surface area contributed by atoms with Crippen LogP contribution < -0.4 is 11.1 Å². The second-order valence-corrected chi connectivity index (χ2v) is 25.8. The molecule has 6 fully saturated rings. The number of aromatic nitrogens is 4. The highest BCUT2D eigenvalue weighted by atomic mass is 35.5. The minimum Gasteiger partial charge on any atom is -0.382 e. The van der Waals surface area contributed by atoms with Crippen LogP contribution in [0.15, 0.2) is 69.7 Å². The summed E-state index contributed by atoms with van der Waals surface area (Å²) in [5.41, 5.74) is 9.47. The van der Waals surface area contributed by atoms with Gasteiger partial charge in [-0.3, -0.25) is 4.79 Å². The zero-order valence-corrected chi connectivity index (χ0v) is 47.1. The average molecular weight is 1190 g/mol. The van der Waals surface area contributed by atoms with Crippen LogP contribution in [0.2, 0.25) is 20.1 Å². The number of amides is 1. The summed E-state index contributed by atoms with van der Waals surface area (Å²) in [5.74, 6) is 1.30. The maximum atomic E-state index is 14.7. The van der Waals surface area contributed by atoms with E-state index in [9.17, 15) is 23.8 Å². The van der Waals surface area contributed by atoms with E-state index in [1.165, 1.54) is 34.8 Å². The van der Waals surface area contributed by atoms with E-state index in [0.717, 1.165) is 84.3 Å². The summed E-state index contributed by atoms with van der Waals surface area (Å²) in [6, 6.07) is 17.0. The molecule has 13 nitrogen and oxygen atoms in total. The highest BCUT2D eigenvalue weighted by Gasteiger charge is 2.58. The summed E-state index contributed by atoms with van der Waals surface area (Å²) in [7, 11) is 0. The van der Waals surface area contributed by atoms with Crippen LogP contribution in [0.1, 0.15) is 127 Å².